The van der Waals surface area contributed by atoms with E-state index >= 15 is 0 Å². The third-order valence-corrected chi connectivity index (χ3v) is 5.23. The molecule has 0 spiro atoms. The summed E-state index contributed by atoms with van der Waals surface area (Å²) in [5.74, 6) is 0.515. The monoisotopic (exact) mass is 438 g/mol. The number of hydrogen-bond donors (Lipinski definition) is 0. The Hall–Kier alpha value is -2.76. The van der Waals surface area contributed by atoms with Gasteiger partial charge in [0.2, 0.25) is 0 Å². The first-order valence-electron chi connectivity index (χ1n) is 11.2. The van der Waals surface area contributed by atoms with Crippen LogP contribution in [0.5, 0.6) is 0 Å². The second-order valence-corrected chi connectivity index (χ2v) is 10.5. The number of carbonyl (C=O) groups excluding carboxylic acids is 2. The van der Waals surface area contributed by atoms with Gasteiger partial charge in [0.05, 0.1) is 11.8 Å². The summed E-state index contributed by atoms with van der Waals surface area (Å²) in [6.07, 6.45) is 8.92. The minimum Gasteiger partial charge on any atom is -0.460 e. The second-order valence-electron chi connectivity index (χ2n) is 10.5. The van der Waals surface area contributed by atoms with Crippen molar-refractivity contribution in [3.05, 3.63) is 60.2 Å². The maximum atomic E-state index is 11.8. The number of ether oxygens (including phenoxy) is 2. The zero-order chi connectivity index (χ0) is 23.5. The molecule has 0 radical (unpaired) electrons. The number of aromatic nitrogens is 2. The molecule has 2 aromatic heterocycles. The van der Waals surface area contributed by atoms with Gasteiger partial charge in [0.25, 0.3) is 0 Å². The molecule has 0 aliphatic heterocycles. The van der Waals surface area contributed by atoms with Crippen molar-refractivity contribution in [3.8, 4) is 0 Å². The van der Waals surface area contributed by atoms with Crippen molar-refractivity contribution >= 4 is 11.9 Å². The van der Waals surface area contributed by atoms with Crippen LogP contribution in [0, 0.1) is 11.8 Å². The summed E-state index contributed by atoms with van der Waals surface area (Å²) >= 11 is 0. The largest absolute Gasteiger partial charge is 0.460 e. The molecule has 4 rings (SSSR count). The Morgan fingerprint density at radius 3 is 1.41 bits per heavy atom. The fourth-order valence-corrected chi connectivity index (χ4v) is 3.59. The van der Waals surface area contributed by atoms with Crippen LogP contribution >= 0.6 is 0 Å². The van der Waals surface area contributed by atoms with Gasteiger partial charge in [0.1, 0.15) is 11.2 Å². The molecule has 0 saturated heterocycles. The molecule has 172 valence electrons. The lowest BCUT2D eigenvalue weighted by Gasteiger charge is -2.19. The van der Waals surface area contributed by atoms with Crippen molar-refractivity contribution in [2.45, 2.75) is 77.4 Å². The van der Waals surface area contributed by atoms with E-state index in [4.69, 9.17) is 9.47 Å². The number of hydrogen-bond acceptors (Lipinski definition) is 6. The predicted molar refractivity (Wildman–Crippen MR) is 122 cm³/mol. The van der Waals surface area contributed by atoms with Crippen LogP contribution in [0.2, 0.25) is 0 Å². The summed E-state index contributed by atoms with van der Waals surface area (Å²) < 4.78 is 10.7. The molecule has 2 fully saturated rings. The Balaban J connectivity index is 0.000000181. The Morgan fingerprint density at radius 2 is 1.12 bits per heavy atom. The molecule has 6 heteroatoms. The summed E-state index contributed by atoms with van der Waals surface area (Å²) in [5, 5.41) is 0. The lowest BCUT2D eigenvalue weighted by molar-refractivity contribution is -0.157. The van der Waals surface area contributed by atoms with E-state index in [9.17, 15) is 9.59 Å². The molecule has 0 N–H and O–H groups in total. The number of pyridine rings is 2. The van der Waals surface area contributed by atoms with Gasteiger partial charge in [-0.25, -0.2) is 0 Å². The fourth-order valence-electron chi connectivity index (χ4n) is 3.59. The maximum Gasteiger partial charge on any atom is 0.310 e. The number of carbonyl (C=O) groups is 2. The molecule has 4 atom stereocenters. The topological polar surface area (TPSA) is 78.4 Å². The highest BCUT2D eigenvalue weighted by molar-refractivity contribution is 5.78. The number of rotatable bonds is 4. The first-order valence-corrected chi connectivity index (χ1v) is 11.2. The molecular formula is C26H34N2O4. The van der Waals surface area contributed by atoms with Crippen LogP contribution in [0.15, 0.2) is 49.1 Å². The zero-order valence-electron chi connectivity index (χ0n) is 19.9. The summed E-state index contributed by atoms with van der Waals surface area (Å²) in [6, 6.07) is 7.84. The minimum absolute atomic E-state index is 0.0309. The first kappa shape index (κ1) is 23.9. The van der Waals surface area contributed by atoms with Crippen LogP contribution in [0.3, 0.4) is 0 Å². The zero-order valence-corrected chi connectivity index (χ0v) is 19.9. The van der Waals surface area contributed by atoms with E-state index in [1.54, 1.807) is 12.4 Å². The average Bonchev–Trinajstić information content (AvgIpc) is 3.61. The van der Waals surface area contributed by atoms with E-state index < -0.39 is 0 Å². The van der Waals surface area contributed by atoms with E-state index in [0.29, 0.717) is 11.8 Å². The maximum absolute atomic E-state index is 11.8. The van der Waals surface area contributed by atoms with Crippen LogP contribution in [0.1, 0.15) is 77.3 Å². The van der Waals surface area contributed by atoms with Gasteiger partial charge >= 0.3 is 11.9 Å². The van der Waals surface area contributed by atoms with Crippen molar-refractivity contribution in [2.75, 3.05) is 0 Å². The molecule has 6 nitrogen and oxygen atoms in total. The summed E-state index contributed by atoms with van der Waals surface area (Å²) in [6.45, 7) is 11.4. The standard InChI is InChI=1S/2C13H17NO2/c2*1-13(2,3)16-12(15)11-7-10(11)9-5-4-6-14-8-9/h2*4-6,8,10-11H,7H2,1-3H3. The van der Waals surface area contributed by atoms with Crippen molar-refractivity contribution in [3.63, 3.8) is 0 Å². The lowest BCUT2D eigenvalue weighted by atomic mass is 10.1. The van der Waals surface area contributed by atoms with Gasteiger partial charge < -0.3 is 9.47 Å². The molecule has 2 saturated carbocycles. The van der Waals surface area contributed by atoms with Crippen LogP contribution in [-0.4, -0.2) is 33.1 Å². The van der Waals surface area contributed by atoms with Crippen molar-refractivity contribution in [1.29, 1.82) is 0 Å². The molecule has 4 unspecified atom stereocenters. The molecule has 2 aliphatic rings. The van der Waals surface area contributed by atoms with Crippen molar-refractivity contribution in [2.24, 2.45) is 11.8 Å². The molecule has 2 aromatic rings. The third kappa shape index (κ3) is 7.14. The fraction of sp³-hybridized carbons (Fsp3) is 0.538. The molecule has 32 heavy (non-hydrogen) atoms. The molecule has 2 heterocycles. The highest BCUT2D eigenvalue weighted by atomic mass is 16.6. The molecular weight excluding hydrogens is 404 g/mol. The van der Waals surface area contributed by atoms with Gasteiger partial charge in [-0.2, -0.15) is 0 Å². The first-order chi connectivity index (χ1) is 14.9. The highest BCUT2D eigenvalue weighted by Crippen LogP contribution is 2.49. The van der Waals surface area contributed by atoms with Crippen LogP contribution in [-0.2, 0) is 19.1 Å². The summed E-state index contributed by atoms with van der Waals surface area (Å²) in [5.41, 5.74) is 1.50. The highest BCUT2D eigenvalue weighted by Gasteiger charge is 2.47. The number of nitrogens with zero attached hydrogens (tertiary/aromatic N) is 2. The molecule has 0 amide bonds. The summed E-state index contributed by atoms with van der Waals surface area (Å²) in [4.78, 5) is 31.6. The van der Waals surface area contributed by atoms with Gasteiger partial charge in [-0.05, 0) is 89.5 Å². The quantitative estimate of drug-likeness (QED) is 0.621. The third-order valence-electron chi connectivity index (χ3n) is 5.23. The van der Waals surface area contributed by atoms with E-state index in [-0.39, 0.29) is 35.0 Å². The van der Waals surface area contributed by atoms with Crippen LogP contribution < -0.4 is 0 Å². The van der Waals surface area contributed by atoms with E-state index in [0.717, 1.165) is 24.0 Å². The predicted octanol–water partition coefficient (Wildman–Crippen LogP) is 5.05. The van der Waals surface area contributed by atoms with Crippen LogP contribution in [0.25, 0.3) is 0 Å². The minimum atomic E-state index is -0.390. The Morgan fingerprint density at radius 1 is 0.750 bits per heavy atom. The van der Waals surface area contributed by atoms with Gasteiger partial charge in [0, 0.05) is 24.8 Å². The van der Waals surface area contributed by atoms with Gasteiger partial charge in [-0.15, -0.1) is 0 Å². The molecule has 2 aliphatic carbocycles. The van der Waals surface area contributed by atoms with E-state index in [1.165, 1.54) is 0 Å². The van der Waals surface area contributed by atoms with Crippen LogP contribution in [0.4, 0.5) is 0 Å². The Bertz CT molecular complexity index is 839. The van der Waals surface area contributed by atoms with E-state index in [2.05, 4.69) is 9.97 Å². The summed E-state index contributed by atoms with van der Waals surface area (Å²) in [7, 11) is 0. The Labute approximate surface area is 190 Å². The van der Waals surface area contributed by atoms with Crippen molar-refractivity contribution in [1.82, 2.24) is 9.97 Å². The SMILES string of the molecule is CC(C)(C)OC(=O)C1CC1c1cccnc1.CC(C)(C)OC(=O)C1CC1c1cccnc1. The van der Waals surface area contributed by atoms with Gasteiger partial charge in [-0.1, -0.05) is 12.1 Å². The molecule has 0 aromatic carbocycles. The second kappa shape index (κ2) is 9.39. The van der Waals surface area contributed by atoms with Gasteiger partial charge in [0.15, 0.2) is 0 Å². The normalized spacial score (nSPS) is 23.9. The molecule has 0 bridgehead atoms. The van der Waals surface area contributed by atoms with Gasteiger partial charge in [-0.3, -0.25) is 19.6 Å². The van der Waals surface area contributed by atoms with E-state index in [1.807, 2.05) is 78.2 Å². The smallest absolute Gasteiger partial charge is 0.310 e. The average molecular weight is 439 g/mol. The Kier molecular flexibility index (Phi) is 7.01. The number of esters is 2. The lowest BCUT2D eigenvalue weighted by Crippen LogP contribution is -2.25. The van der Waals surface area contributed by atoms with Crippen molar-refractivity contribution < 1.29 is 19.1 Å².